The quantitative estimate of drug-likeness (QED) is 0.0854. The molecule has 1 saturated carbocycles. The number of hydrogen-bond donors (Lipinski definition) is 3. The number of piperidine rings is 2. The Kier molecular flexibility index (Phi) is 13.7. The smallest absolute Gasteiger partial charge is 0.316 e. The average Bonchev–Trinajstić information content (AvgIpc) is 3.98. The molecule has 0 bridgehead atoms. The molecule has 4 aliphatic rings. The van der Waals surface area contributed by atoms with E-state index in [1.54, 1.807) is 12.4 Å². The lowest BCUT2D eigenvalue weighted by Gasteiger charge is -2.32. The van der Waals surface area contributed by atoms with Gasteiger partial charge in [0, 0.05) is 66.7 Å². The molecule has 10 rings (SSSR count). The van der Waals surface area contributed by atoms with Crippen LogP contribution in [0.25, 0.3) is 22.0 Å². The summed E-state index contributed by atoms with van der Waals surface area (Å²) in [4.78, 5) is 50.7. The molecule has 1 aliphatic carbocycles. The summed E-state index contributed by atoms with van der Waals surface area (Å²) in [5.41, 5.74) is 5.78. The highest BCUT2D eigenvalue weighted by atomic mass is 19.2. The second-order valence-corrected chi connectivity index (χ2v) is 19.1. The van der Waals surface area contributed by atoms with Crippen LogP contribution >= 0.6 is 0 Å². The molecule has 70 heavy (non-hydrogen) atoms. The lowest BCUT2D eigenvalue weighted by atomic mass is 9.86. The minimum absolute atomic E-state index is 0.000567. The standard InChI is InChI=1S/C53H55F3N8O6/c54-44-23-42(48(55)49(56)50(44)66)51(67)58-24-33-8-12-39(13-9-33)64-29-37-11-10-36(22-45(37)61-64)38-25-59-53(60-26-38)69-21-18-32-16-19-62(20-17-32)28-34-4-6-35(7-5-34)31-70-46-3-1-2-41-43(46)30-63(52(41)68)40-14-15-47(65)57-27-40/h1-7,10-11,22-23,25-26,29,32-33,39-40,66H,8-9,12-21,24,27-28,30-31H2,(H,57,65)(H,58,67)/t33-,39-,40?. The number of likely N-dealkylation sites (tertiary alicyclic amines) is 1. The number of phenols is 1. The van der Waals surface area contributed by atoms with Crippen LogP contribution in [0.4, 0.5) is 13.2 Å². The first-order valence-corrected chi connectivity index (χ1v) is 24.2. The predicted octanol–water partition coefficient (Wildman–Crippen LogP) is 8.27. The maximum Gasteiger partial charge on any atom is 0.316 e. The summed E-state index contributed by atoms with van der Waals surface area (Å²) >= 11 is 0. The van der Waals surface area contributed by atoms with E-state index in [2.05, 4.69) is 49.8 Å². The number of carbonyl (C=O) groups is 3. The molecule has 4 aromatic carbocycles. The van der Waals surface area contributed by atoms with Gasteiger partial charge in [-0.2, -0.15) is 9.49 Å². The fourth-order valence-electron chi connectivity index (χ4n) is 10.3. The molecule has 1 atom stereocenters. The highest BCUT2D eigenvalue weighted by molar-refractivity contribution is 5.99. The first-order valence-electron chi connectivity index (χ1n) is 24.2. The Morgan fingerprint density at radius 2 is 1.60 bits per heavy atom. The Morgan fingerprint density at radius 3 is 2.36 bits per heavy atom. The first kappa shape index (κ1) is 46.7. The largest absolute Gasteiger partial charge is 0.503 e. The van der Waals surface area contributed by atoms with Crippen molar-refractivity contribution in [3.05, 3.63) is 131 Å². The van der Waals surface area contributed by atoms with Crippen LogP contribution in [0.15, 0.2) is 85.3 Å². The van der Waals surface area contributed by atoms with Crippen LogP contribution in [-0.4, -0.2) is 91.2 Å². The van der Waals surface area contributed by atoms with Gasteiger partial charge in [0.1, 0.15) is 12.4 Å². The molecule has 5 heterocycles. The molecule has 3 aliphatic heterocycles. The lowest BCUT2D eigenvalue weighted by molar-refractivity contribution is -0.123. The van der Waals surface area contributed by atoms with Crippen LogP contribution in [0.1, 0.15) is 101 Å². The molecule has 3 fully saturated rings. The highest BCUT2D eigenvalue weighted by Crippen LogP contribution is 2.36. The molecule has 2 saturated heterocycles. The fraction of sp³-hybridized carbons (Fsp3) is 0.396. The van der Waals surface area contributed by atoms with Gasteiger partial charge in [0.25, 0.3) is 11.8 Å². The van der Waals surface area contributed by atoms with E-state index in [1.165, 1.54) is 5.56 Å². The second kappa shape index (κ2) is 20.5. The number of phenolic OH excluding ortho intramolecular Hbond substituents is 1. The van der Waals surface area contributed by atoms with E-state index in [9.17, 15) is 32.7 Å². The molecule has 14 nitrogen and oxygen atoms in total. The lowest BCUT2D eigenvalue weighted by Crippen LogP contribution is -2.48. The summed E-state index contributed by atoms with van der Waals surface area (Å²) in [6.07, 6.45) is 13.0. The third-order valence-corrected chi connectivity index (χ3v) is 14.5. The minimum atomic E-state index is -1.78. The van der Waals surface area contributed by atoms with Gasteiger partial charge in [-0.1, -0.05) is 42.5 Å². The third kappa shape index (κ3) is 10.3. The number of benzene rings is 4. The van der Waals surface area contributed by atoms with E-state index < -0.39 is 34.7 Å². The first-order chi connectivity index (χ1) is 34.0. The van der Waals surface area contributed by atoms with Gasteiger partial charge in [0.2, 0.25) is 11.7 Å². The van der Waals surface area contributed by atoms with Crippen LogP contribution in [0.5, 0.6) is 17.5 Å². The Morgan fingerprint density at radius 1 is 0.829 bits per heavy atom. The van der Waals surface area contributed by atoms with Crippen LogP contribution in [0.2, 0.25) is 0 Å². The Balaban J connectivity index is 0.628. The molecule has 1 unspecified atom stereocenters. The molecule has 3 amide bonds. The topological polar surface area (TPSA) is 164 Å². The number of hydrogen-bond acceptors (Lipinski definition) is 10. The number of nitrogens with one attached hydrogen (secondary N) is 2. The minimum Gasteiger partial charge on any atom is -0.503 e. The highest BCUT2D eigenvalue weighted by Gasteiger charge is 2.36. The van der Waals surface area contributed by atoms with Crippen molar-refractivity contribution in [2.45, 2.75) is 89.6 Å². The number of aromatic nitrogens is 4. The van der Waals surface area contributed by atoms with Gasteiger partial charge >= 0.3 is 6.01 Å². The number of ether oxygens (including phenoxy) is 2. The van der Waals surface area contributed by atoms with Crippen molar-refractivity contribution in [2.24, 2.45) is 11.8 Å². The summed E-state index contributed by atoms with van der Waals surface area (Å²) in [6, 6.07) is 21.3. The average molecular weight is 957 g/mol. The van der Waals surface area contributed by atoms with Crippen molar-refractivity contribution >= 4 is 28.6 Å². The Hall–Kier alpha value is -7.01. The normalized spacial score (nSPS) is 19.8. The monoisotopic (exact) mass is 956 g/mol. The number of halogens is 3. The van der Waals surface area contributed by atoms with Crippen molar-refractivity contribution in [2.75, 3.05) is 32.8 Å². The summed E-state index contributed by atoms with van der Waals surface area (Å²) in [7, 11) is 0. The Labute approximate surface area is 403 Å². The van der Waals surface area contributed by atoms with E-state index in [-0.39, 0.29) is 36.4 Å². The molecule has 0 spiro atoms. The van der Waals surface area contributed by atoms with E-state index in [0.717, 1.165) is 103 Å². The summed E-state index contributed by atoms with van der Waals surface area (Å²) in [5.74, 6) is -5.69. The zero-order chi connectivity index (χ0) is 48.3. The summed E-state index contributed by atoms with van der Waals surface area (Å²) in [6.45, 7) is 5.12. The molecule has 3 N–H and O–H groups in total. The third-order valence-electron chi connectivity index (χ3n) is 14.5. The van der Waals surface area contributed by atoms with Gasteiger partial charge < -0.3 is 30.1 Å². The molecular formula is C53H55F3N8O6. The molecule has 2 aromatic heterocycles. The van der Waals surface area contributed by atoms with Crippen molar-refractivity contribution in [1.29, 1.82) is 0 Å². The van der Waals surface area contributed by atoms with Crippen LogP contribution < -0.4 is 20.1 Å². The van der Waals surface area contributed by atoms with Crippen LogP contribution in [-0.2, 0) is 24.5 Å². The fourth-order valence-corrected chi connectivity index (χ4v) is 10.3. The Bertz CT molecular complexity index is 2870. The van der Waals surface area contributed by atoms with E-state index in [1.807, 2.05) is 52.2 Å². The van der Waals surface area contributed by atoms with Gasteiger partial charge in [0.15, 0.2) is 17.4 Å². The maximum atomic E-state index is 14.2. The van der Waals surface area contributed by atoms with Gasteiger partial charge in [0.05, 0.1) is 36.3 Å². The number of carbonyl (C=O) groups excluding carboxylic acids is 3. The van der Waals surface area contributed by atoms with Gasteiger partial charge in [-0.05, 0) is 117 Å². The summed E-state index contributed by atoms with van der Waals surface area (Å²) in [5, 5.41) is 20.6. The van der Waals surface area contributed by atoms with E-state index in [0.29, 0.717) is 62.7 Å². The predicted molar refractivity (Wildman–Crippen MR) is 253 cm³/mol. The number of amides is 3. The molecule has 364 valence electrons. The molecule has 6 aromatic rings. The molecule has 0 radical (unpaired) electrons. The number of fused-ring (bicyclic) bond motifs is 2. The van der Waals surface area contributed by atoms with Crippen molar-refractivity contribution in [3.63, 3.8) is 0 Å². The maximum absolute atomic E-state index is 14.2. The van der Waals surface area contributed by atoms with Gasteiger partial charge in [-0.15, -0.1) is 0 Å². The molecule has 17 heteroatoms. The van der Waals surface area contributed by atoms with E-state index >= 15 is 0 Å². The SMILES string of the molecule is O=C1CCC(N2Cc3c(OCc4ccc(CN5CCC(CCOc6ncc(-c7ccc8cn([C@H]9CC[C@H](CNC(=O)c%10cc(F)c(O)c(F)c%10F)CC9)nc8c7)cn6)CC5)cc4)cccc3C2=O)CN1. The van der Waals surface area contributed by atoms with Crippen molar-refractivity contribution in [3.8, 4) is 28.6 Å². The van der Waals surface area contributed by atoms with E-state index in [4.69, 9.17) is 14.6 Å². The second-order valence-electron chi connectivity index (χ2n) is 19.1. The van der Waals surface area contributed by atoms with Crippen molar-refractivity contribution < 1.29 is 42.1 Å². The zero-order valence-electron chi connectivity index (χ0n) is 38.7. The van der Waals surface area contributed by atoms with Crippen LogP contribution in [0, 0.1) is 29.3 Å². The van der Waals surface area contributed by atoms with Gasteiger partial charge in [-0.25, -0.2) is 18.7 Å². The number of rotatable bonds is 15. The molecular weight excluding hydrogens is 902 g/mol. The number of nitrogens with zero attached hydrogens (tertiary/aromatic N) is 6. The van der Waals surface area contributed by atoms with Gasteiger partial charge in [-0.3, -0.25) is 24.0 Å². The van der Waals surface area contributed by atoms with Crippen molar-refractivity contribution in [1.82, 2.24) is 40.2 Å². The number of aromatic hydroxyl groups is 1. The summed E-state index contributed by atoms with van der Waals surface area (Å²) < 4.78 is 55.9. The zero-order valence-corrected chi connectivity index (χ0v) is 38.7. The van der Waals surface area contributed by atoms with Crippen LogP contribution in [0.3, 0.4) is 0 Å².